The van der Waals surface area contributed by atoms with Gasteiger partial charge in [0.2, 0.25) is 6.79 Å². The number of rotatable bonds is 7. The van der Waals surface area contributed by atoms with Crippen LogP contribution in [0.4, 0.5) is 0 Å². The lowest BCUT2D eigenvalue weighted by molar-refractivity contribution is -0.138. The van der Waals surface area contributed by atoms with E-state index in [-0.39, 0.29) is 19.0 Å². The summed E-state index contributed by atoms with van der Waals surface area (Å²) >= 11 is 1.30. The maximum absolute atomic E-state index is 14.3. The molecule has 10 heteroatoms. The first-order valence-corrected chi connectivity index (χ1v) is 15.7. The molecule has 0 saturated carbocycles. The van der Waals surface area contributed by atoms with Gasteiger partial charge in [-0.05, 0) is 68.3 Å². The van der Waals surface area contributed by atoms with Gasteiger partial charge in [0.15, 0.2) is 16.3 Å². The molecule has 0 radical (unpaired) electrons. The number of thiazole rings is 1. The van der Waals surface area contributed by atoms with E-state index < -0.39 is 12.0 Å². The number of hydrogen-bond acceptors (Lipinski definition) is 8. The third-order valence-corrected chi connectivity index (χ3v) is 9.16. The number of aryl methyl sites for hydroxylation is 1. The van der Waals surface area contributed by atoms with Crippen LogP contribution in [0.25, 0.3) is 17.5 Å². The Morgan fingerprint density at radius 3 is 2.52 bits per heavy atom. The normalized spacial score (nSPS) is 15.5. The summed E-state index contributed by atoms with van der Waals surface area (Å²) in [7, 11) is 1.60. The zero-order valence-corrected chi connectivity index (χ0v) is 26.6. The molecule has 0 fully saturated rings. The van der Waals surface area contributed by atoms with Crippen molar-refractivity contribution in [3.05, 3.63) is 132 Å². The van der Waals surface area contributed by atoms with Crippen molar-refractivity contribution in [2.45, 2.75) is 26.8 Å². The maximum Gasteiger partial charge on any atom is 0.338 e. The van der Waals surface area contributed by atoms with Gasteiger partial charge < -0.3 is 23.5 Å². The van der Waals surface area contributed by atoms with E-state index in [1.165, 1.54) is 11.3 Å². The summed E-state index contributed by atoms with van der Waals surface area (Å²) in [5, 5.41) is 0. The summed E-state index contributed by atoms with van der Waals surface area (Å²) < 4.78 is 26.3. The fraction of sp³-hybridized carbons (Fsp3) is 0.194. The van der Waals surface area contributed by atoms with Gasteiger partial charge in [-0.3, -0.25) is 9.36 Å². The van der Waals surface area contributed by atoms with Crippen LogP contribution in [0.15, 0.2) is 94.2 Å². The first kappa shape index (κ1) is 29.4. The molecule has 3 aromatic carbocycles. The molecular formula is C36H31N3O6S. The second kappa shape index (κ2) is 11.9. The van der Waals surface area contributed by atoms with Crippen LogP contribution in [0, 0.1) is 13.8 Å². The summed E-state index contributed by atoms with van der Waals surface area (Å²) in [4.78, 5) is 33.5. The minimum absolute atomic E-state index is 0.184. The molecule has 0 N–H and O–H groups in total. The molecule has 0 aliphatic carbocycles. The van der Waals surface area contributed by atoms with E-state index in [2.05, 4.69) is 10.6 Å². The van der Waals surface area contributed by atoms with Gasteiger partial charge in [0.1, 0.15) is 5.75 Å². The van der Waals surface area contributed by atoms with Crippen LogP contribution in [0.1, 0.15) is 41.0 Å². The van der Waals surface area contributed by atoms with Crippen LogP contribution in [0.2, 0.25) is 0 Å². The van der Waals surface area contributed by atoms with Gasteiger partial charge >= 0.3 is 5.97 Å². The molecule has 5 aromatic rings. The molecule has 46 heavy (non-hydrogen) atoms. The van der Waals surface area contributed by atoms with Gasteiger partial charge in [-0.15, -0.1) is 0 Å². The molecule has 1 atom stereocenters. The van der Waals surface area contributed by atoms with Crippen molar-refractivity contribution in [1.29, 1.82) is 0 Å². The van der Waals surface area contributed by atoms with E-state index in [0.29, 0.717) is 32.1 Å². The summed E-state index contributed by atoms with van der Waals surface area (Å²) in [6, 6.07) is 24.0. The largest absolute Gasteiger partial charge is 0.497 e. The number of aromatic nitrogens is 2. The van der Waals surface area contributed by atoms with E-state index in [1.807, 2.05) is 92.7 Å². The van der Waals surface area contributed by atoms with Crippen molar-refractivity contribution < 1.29 is 23.7 Å². The van der Waals surface area contributed by atoms with Crippen LogP contribution >= 0.6 is 11.3 Å². The van der Waals surface area contributed by atoms with Gasteiger partial charge in [-0.2, -0.15) is 0 Å². The van der Waals surface area contributed by atoms with E-state index in [1.54, 1.807) is 18.6 Å². The molecule has 0 saturated heterocycles. The Hall–Kier alpha value is -5.35. The third kappa shape index (κ3) is 5.00. The Morgan fingerprint density at radius 1 is 1.02 bits per heavy atom. The molecular weight excluding hydrogens is 602 g/mol. The summed E-state index contributed by atoms with van der Waals surface area (Å²) in [6.07, 6.45) is 1.90. The smallest absolute Gasteiger partial charge is 0.338 e. The number of fused-ring (bicyclic) bond motifs is 2. The average molecular weight is 634 g/mol. The van der Waals surface area contributed by atoms with Gasteiger partial charge in [-0.25, -0.2) is 9.79 Å². The monoisotopic (exact) mass is 633 g/mol. The molecule has 4 heterocycles. The molecule has 232 valence electrons. The fourth-order valence-electron chi connectivity index (χ4n) is 6.04. The molecule has 0 unspecified atom stereocenters. The third-order valence-electron chi connectivity index (χ3n) is 8.18. The van der Waals surface area contributed by atoms with E-state index in [4.69, 9.17) is 23.9 Å². The number of hydrogen-bond donors (Lipinski definition) is 0. The SMILES string of the molecule is CCOC(=O)C1=C(c2ccccc2)N=c2s/c(=C/c3cc(C)n(-c4ccc5c(c4)OCO5)c3C)c(=O)n2[C@@H]1c1ccc(OC)cc1. The highest BCUT2D eigenvalue weighted by molar-refractivity contribution is 7.07. The molecule has 9 nitrogen and oxygen atoms in total. The maximum atomic E-state index is 14.3. The zero-order chi connectivity index (χ0) is 31.9. The second-order valence-corrected chi connectivity index (χ2v) is 11.9. The molecule has 0 amide bonds. The number of ether oxygens (including phenoxy) is 4. The van der Waals surface area contributed by atoms with Crippen LogP contribution < -0.4 is 29.1 Å². The van der Waals surface area contributed by atoms with E-state index >= 15 is 0 Å². The number of benzene rings is 3. The van der Waals surface area contributed by atoms with E-state index in [0.717, 1.165) is 39.5 Å². The van der Waals surface area contributed by atoms with Crippen LogP contribution in [0.3, 0.4) is 0 Å². The molecule has 2 aromatic heterocycles. The van der Waals surface area contributed by atoms with Gasteiger partial charge in [0.25, 0.3) is 5.56 Å². The zero-order valence-electron chi connectivity index (χ0n) is 25.8. The summed E-state index contributed by atoms with van der Waals surface area (Å²) in [5.41, 5.74) is 5.84. The number of esters is 1. The highest BCUT2D eigenvalue weighted by Gasteiger charge is 2.35. The minimum Gasteiger partial charge on any atom is -0.497 e. The van der Waals surface area contributed by atoms with Crippen LogP contribution in [-0.4, -0.2) is 35.6 Å². The Kier molecular flexibility index (Phi) is 7.58. The molecule has 2 aliphatic heterocycles. The molecule has 0 bridgehead atoms. The number of carbonyl (C=O) groups is 1. The topological polar surface area (TPSA) is 93.3 Å². The Morgan fingerprint density at radius 2 is 1.78 bits per heavy atom. The lowest BCUT2D eigenvalue weighted by Crippen LogP contribution is -2.40. The summed E-state index contributed by atoms with van der Waals surface area (Å²) in [5.74, 6) is 1.56. The number of methoxy groups -OCH3 is 1. The Labute approximate surface area is 268 Å². The number of nitrogens with zero attached hydrogens (tertiary/aromatic N) is 3. The standard InChI is InChI=1S/C36H31N3O6S/c1-5-43-35(41)31-32(23-9-7-6-8-10-23)37-36-39(33(31)24-11-14-27(42-4)15-12-24)34(40)30(46-36)18-25-17-21(2)38(22(25)3)26-13-16-28-29(19-26)45-20-44-28/h6-19,33H,5,20H2,1-4H3/b30-18+/t33-/m1/s1. The van der Waals surface area contributed by atoms with Crippen LogP contribution in [-0.2, 0) is 9.53 Å². The average Bonchev–Trinajstić information content (AvgIpc) is 3.75. The quantitative estimate of drug-likeness (QED) is 0.232. The fourth-order valence-corrected chi connectivity index (χ4v) is 7.03. The van der Waals surface area contributed by atoms with E-state index in [9.17, 15) is 9.59 Å². The predicted molar refractivity (Wildman–Crippen MR) is 175 cm³/mol. The van der Waals surface area contributed by atoms with Crippen molar-refractivity contribution in [2.24, 2.45) is 4.99 Å². The summed E-state index contributed by atoms with van der Waals surface area (Å²) in [6.45, 7) is 6.20. The minimum atomic E-state index is -0.764. The molecule has 7 rings (SSSR count). The lowest BCUT2D eigenvalue weighted by atomic mass is 9.93. The molecule has 2 aliphatic rings. The van der Waals surface area contributed by atoms with Crippen LogP contribution in [0.5, 0.6) is 17.2 Å². The van der Waals surface area contributed by atoms with Crippen molar-refractivity contribution in [2.75, 3.05) is 20.5 Å². The van der Waals surface area contributed by atoms with Crippen molar-refractivity contribution in [3.8, 4) is 22.9 Å². The van der Waals surface area contributed by atoms with Gasteiger partial charge in [0, 0.05) is 28.7 Å². The first-order chi connectivity index (χ1) is 22.4. The highest BCUT2D eigenvalue weighted by atomic mass is 32.1. The molecule has 0 spiro atoms. The van der Waals surface area contributed by atoms with Crippen molar-refractivity contribution in [1.82, 2.24) is 9.13 Å². The first-order valence-electron chi connectivity index (χ1n) is 14.9. The van der Waals surface area contributed by atoms with Gasteiger partial charge in [-0.1, -0.05) is 53.8 Å². The lowest BCUT2D eigenvalue weighted by Gasteiger charge is -2.26. The van der Waals surface area contributed by atoms with Crippen molar-refractivity contribution in [3.63, 3.8) is 0 Å². The highest BCUT2D eigenvalue weighted by Crippen LogP contribution is 2.37. The number of carbonyl (C=O) groups excluding carboxylic acids is 1. The second-order valence-electron chi connectivity index (χ2n) is 10.9. The van der Waals surface area contributed by atoms with Crippen molar-refractivity contribution >= 4 is 29.1 Å². The predicted octanol–water partition coefficient (Wildman–Crippen LogP) is 5.08. The van der Waals surface area contributed by atoms with Gasteiger partial charge in [0.05, 0.1) is 35.6 Å². The Balaban J connectivity index is 1.43. The Bertz CT molecular complexity index is 2190.